The van der Waals surface area contributed by atoms with E-state index in [-0.39, 0.29) is 36.0 Å². The van der Waals surface area contributed by atoms with Crippen molar-refractivity contribution in [2.45, 2.75) is 17.7 Å². The molecule has 17 heavy (non-hydrogen) atoms. The monoisotopic (exact) mass is 280 g/mol. The highest BCUT2D eigenvalue weighted by Crippen LogP contribution is 2.16. The van der Waals surface area contributed by atoms with Crippen LogP contribution in [0.3, 0.4) is 0 Å². The van der Waals surface area contributed by atoms with Crippen molar-refractivity contribution in [3.05, 3.63) is 17.8 Å². The van der Waals surface area contributed by atoms with Gasteiger partial charge in [0.1, 0.15) is 5.82 Å². The standard InChI is InChI=1S/C9H12N2O4S.ClH/c1-16(14,15)7-4-6(2-3-8(12)13)9(10)11-5-7;/h4-5H,2-3H2,1H3,(H2,10,11)(H,12,13);1H. The number of carboxylic acid groups (broad SMARTS) is 1. The zero-order valence-electron chi connectivity index (χ0n) is 9.08. The van der Waals surface area contributed by atoms with Gasteiger partial charge in [0.05, 0.1) is 4.90 Å². The second-order valence-corrected chi connectivity index (χ2v) is 5.40. The van der Waals surface area contributed by atoms with Crippen molar-refractivity contribution in [1.29, 1.82) is 0 Å². The molecule has 96 valence electrons. The minimum Gasteiger partial charge on any atom is -0.481 e. The second-order valence-electron chi connectivity index (χ2n) is 3.38. The van der Waals surface area contributed by atoms with Crippen LogP contribution in [0.2, 0.25) is 0 Å². The van der Waals surface area contributed by atoms with Gasteiger partial charge >= 0.3 is 5.97 Å². The van der Waals surface area contributed by atoms with Gasteiger partial charge in [-0.1, -0.05) is 0 Å². The summed E-state index contributed by atoms with van der Waals surface area (Å²) < 4.78 is 22.5. The average Bonchev–Trinajstić information content (AvgIpc) is 2.14. The Kier molecular flexibility index (Phi) is 5.37. The Morgan fingerprint density at radius 3 is 2.59 bits per heavy atom. The van der Waals surface area contributed by atoms with Crippen LogP contribution < -0.4 is 5.73 Å². The van der Waals surface area contributed by atoms with Crippen LogP contribution in [0.15, 0.2) is 17.2 Å². The molecule has 0 saturated heterocycles. The molecule has 0 saturated carbocycles. The third kappa shape index (κ3) is 4.58. The van der Waals surface area contributed by atoms with Crippen LogP contribution in [0.1, 0.15) is 12.0 Å². The largest absolute Gasteiger partial charge is 0.481 e. The quantitative estimate of drug-likeness (QED) is 0.831. The fraction of sp³-hybridized carbons (Fsp3) is 0.333. The first-order valence-electron chi connectivity index (χ1n) is 4.47. The molecule has 0 atom stereocenters. The number of pyridine rings is 1. The fourth-order valence-corrected chi connectivity index (χ4v) is 1.74. The molecule has 0 bridgehead atoms. The lowest BCUT2D eigenvalue weighted by atomic mass is 10.1. The third-order valence-electron chi connectivity index (χ3n) is 2.01. The smallest absolute Gasteiger partial charge is 0.303 e. The van der Waals surface area contributed by atoms with Gasteiger partial charge in [0.25, 0.3) is 0 Å². The molecule has 0 aliphatic rings. The molecule has 1 heterocycles. The maximum atomic E-state index is 11.2. The van der Waals surface area contributed by atoms with E-state index in [1.807, 2.05) is 0 Å². The zero-order chi connectivity index (χ0) is 12.3. The van der Waals surface area contributed by atoms with E-state index in [1.54, 1.807) is 0 Å². The molecule has 0 unspecified atom stereocenters. The van der Waals surface area contributed by atoms with Crippen LogP contribution in [-0.2, 0) is 21.1 Å². The number of anilines is 1. The molecule has 0 aliphatic carbocycles. The van der Waals surface area contributed by atoms with E-state index in [0.717, 1.165) is 12.5 Å². The minimum absolute atomic E-state index is 0. The van der Waals surface area contributed by atoms with Gasteiger partial charge in [-0.15, -0.1) is 12.4 Å². The first-order chi connectivity index (χ1) is 7.30. The summed E-state index contributed by atoms with van der Waals surface area (Å²) in [6, 6.07) is 1.36. The van der Waals surface area contributed by atoms with Crippen LogP contribution in [0, 0.1) is 0 Å². The molecule has 0 amide bonds. The number of sulfone groups is 1. The molecule has 1 rings (SSSR count). The summed E-state index contributed by atoms with van der Waals surface area (Å²) in [5.74, 6) is -0.808. The average molecular weight is 281 g/mol. The summed E-state index contributed by atoms with van der Waals surface area (Å²) in [5.41, 5.74) is 5.96. The SMILES string of the molecule is CS(=O)(=O)c1cnc(N)c(CCC(=O)O)c1.Cl. The number of hydrogen-bond acceptors (Lipinski definition) is 5. The van der Waals surface area contributed by atoms with E-state index in [0.29, 0.717) is 5.56 Å². The maximum Gasteiger partial charge on any atom is 0.303 e. The molecule has 6 nitrogen and oxygen atoms in total. The van der Waals surface area contributed by atoms with Crippen molar-refractivity contribution in [3.8, 4) is 0 Å². The van der Waals surface area contributed by atoms with E-state index < -0.39 is 15.8 Å². The molecule has 0 fully saturated rings. The molecule has 8 heteroatoms. The first-order valence-corrected chi connectivity index (χ1v) is 6.36. The number of aromatic nitrogens is 1. The van der Waals surface area contributed by atoms with Gasteiger partial charge in [0.2, 0.25) is 0 Å². The second kappa shape index (κ2) is 5.83. The Bertz CT molecular complexity index is 516. The summed E-state index contributed by atoms with van der Waals surface area (Å²) in [5, 5.41) is 8.52. The molecule has 3 N–H and O–H groups in total. The molecule has 0 spiro atoms. The number of hydrogen-bond donors (Lipinski definition) is 2. The van der Waals surface area contributed by atoms with Crippen LogP contribution in [0.4, 0.5) is 5.82 Å². The number of rotatable bonds is 4. The van der Waals surface area contributed by atoms with Gasteiger partial charge in [-0.25, -0.2) is 13.4 Å². The van der Waals surface area contributed by atoms with Gasteiger partial charge in [0.15, 0.2) is 9.84 Å². The Hall–Kier alpha value is -1.34. The van der Waals surface area contributed by atoms with Gasteiger partial charge in [-0.05, 0) is 18.1 Å². The van der Waals surface area contributed by atoms with Crippen LogP contribution >= 0.6 is 12.4 Å². The van der Waals surface area contributed by atoms with Crippen molar-refractivity contribution in [1.82, 2.24) is 4.98 Å². The Morgan fingerprint density at radius 1 is 1.53 bits per heavy atom. The predicted molar refractivity (Wildman–Crippen MR) is 65.0 cm³/mol. The Balaban J connectivity index is 0.00000256. The number of carboxylic acids is 1. The summed E-state index contributed by atoms with van der Waals surface area (Å²) in [6.07, 6.45) is 2.27. The number of aryl methyl sites for hydroxylation is 1. The highest BCUT2D eigenvalue weighted by Gasteiger charge is 2.11. The molecule has 1 aromatic rings. The Labute approximate surface area is 105 Å². The molecule has 0 radical (unpaired) electrons. The van der Waals surface area contributed by atoms with Crippen LogP contribution in [-0.4, -0.2) is 30.7 Å². The molecule has 0 aliphatic heterocycles. The maximum absolute atomic E-state index is 11.2. The van der Waals surface area contributed by atoms with E-state index in [9.17, 15) is 13.2 Å². The van der Waals surface area contributed by atoms with Crippen molar-refractivity contribution < 1.29 is 18.3 Å². The Morgan fingerprint density at radius 2 is 2.12 bits per heavy atom. The molecular formula is C9H13ClN2O4S. The number of nitrogens with two attached hydrogens (primary N) is 1. The number of nitrogens with zero attached hydrogens (tertiary/aromatic N) is 1. The lowest BCUT2D eigenvalue weighted by molar-refractivity contribution is -0.136. The first kappa shape index (κ1) is 15.7. The summed E-state index contributed by atoms with van der Waals surface area (Å²) in [4.78, 5) is 14.2. The number of halogens is 1. The zero-order valence-corrected chi connectivity index (χ0v) is 10.7. The van der Waals surface area contributed by atoms with Crippen molar-refractivity contribution in [2.75, 3.05) is 12.0 Å². The molecular weight excluding hydrogens is 268 g/mol. The van der Waals surface area contributed by atoms with E-state index in [2.05, 4.69) is 4.98 Å². The molecule has 1 aromatic heterocycles. The highest BCUT2D eigenvalue weighted by molar-refractivity contribution is 7.90. The summed E-state index contributed by atoms with van der Waals surface area (Å²) in [6.45, 7) is 0. The van der Waals surface area contributed by atoms with E-state index >= 15 is 0 Å². The van der Waals surface area contributed by atoms with Crippen LogP contribution in [0.5, 0.6) is 0 Å². The van der Waals surface area contributed by atoms with Gasteiger partial charge in [-0.3, -0.25) is 4.79 Å². The van der Waals surface area contributed by atoms with Gasteiger partial charge < -0.3 is 10.8 Å². The highest BCUT2D eigenvalue weighted by atomic mass is 35.5. The minimum atomic E-state index is -3.35. The lowest BCUT2D eigenvalue weighted by Crippen LogP contribution is -2.05. The normalized spacial score (nSPS) is 10.6. The fourth-order valence-electron chi connectivity index (χ4n) is 1.14. The summed E-state index contributed by atoms with van der Waals surface area (Å²) >= 11 is 0. The van der Waals surface area contributed by atoms with Crippen LogP contribution in [0.25, 0.3) is 0 Å². The number of nitrogen functional groups attached to an aromatic ring is 1. The van der Waals surface area contributed by atoms with E-state index in [1.165, 1.54) is 6.07 Å². The number of carbonyl (C=O) groups is 1. The van der Waals surface area contributed by atoms with Gasteiger partial charge in [-0.2, -0.15) is 0 Å². The molecule has 0 aromatic carbocycles. The van der Waals surface area contributed by atoms with E-state index in [4.69, 9.17) is 10.8 Å². The van der Waals surface area contributed by atoms with Crippen molar-refractivity contribution in [2.24, 2.45) is 0 Å². The van der Waals surface area contributed by atoms with Crippen molar-refractivity contribution >= 4 is 34.0 Å². The van der Waals surface area contributed by atoms with Gasteiger partial charge in [0, 0.05) is 18.9 Å². The summed E-state index contributed by atoms with van der Waals surface area (Å²) in [7, 11) is -3.35. The van der Waals surface area contributed by atoms with Crippen molar-refractivity contribution in [3.63, 3.8) is 0 Å². The lowest BCUT2D eigenvalue weighted by Gasteiger charge is -2.05. The topological polar surface area (TPSA) is 110 Å². The third-order valence-corrected chi connectivity index (χ3v) is 3.09. The predicted octanol–water partition coefficient (Wildman–Crippen LogP) is 0.506. The number of aliphatic carboxylic acids is 1.